The maximum Gasteiger partial charge on any atom is 0.0598 e. The van der Waals surface area contributed by atoms with Crippen molar-refractivity contribution >= 4 is 5.69 Å². The summed E-state index contributed by atoms with van der Waals surface area (Å²) < 4.78 is 0. The first kappa shape index (κ1) is 16.3. The van der Waals surface area contributed by atoms with Crippen LogP contribution in [-0.2, 0) is 6.54 Å². The Bertz CT molecular complexity index is 450. The minimum absolute atomic E-state index is 0.137. The molecule has 21 heavy (non-hydrogen) atoms. The monoisotopic (exact) mass is 289 g/mol. The van der Waals surface area contributed by atoms with Crippen LogP contribution in [0.25, 0.3) is 0 Å². The SMILES string of the molecule is CC1CCCC(N(C)c2cnccc2CNC(C)(C)C)C1. The summed E-state index contributed by atoms with van der Waals surface area (Å²) in [4.78, 5) is 6.82. The molecule has 0 spiro atoms. The highest BCUT2D eigenvalue weighted by Crippen LogP contribution is 2.30. The second kappa shape index (κ2) is 6.78. The molecule has 1 aliphatic rings. The Morgan fingerprint density at radius 2 is 2.10 bits per heavy atom. The van der Waals surface area contributed by atoms with Crippen molar-refractivity contribution in [2.24, 2.45) is 5.92 Å². The molecular formula is C18H31N3. The number of nitrogens with zero attached hydrogens (tertiary/aromatic N) is 2. The summed E-state index contributed by atoms with van der Waals surface area (Å²) in [5.41, 5.74) is 2.77. The summed E-state index contributed by atoms with van der Waals surface area (Å²) in [6.07, 6.45) is 9.28. The zero-order valence-electron chi connectivity index (χ0n) is 14.3. The number of aromatic nitrogens is 1. The van der Waals surface area contributed by atoms with Gasteiger partial charge in [0.2, 0.25) is 0 Å². The van der Waals surface area contributed by atoms with Crippen LogP contribution in [0, 0.1) is 5.92 Å². The molecule has 2 unspecified atom stereocenters. The minimum Gasteiger partial charge on any atom is -0.370 e. The van der Waals surface area contributed by atoms with E-state index < -0.39 is 0 Å². The summed E-state index contributed by atoms with van der Waals surface area (Å²) in [6, 6.07) is 2.81. The van der Waals surface area contributed by atoms with Crippen LogP contribution >= 0.6 is 0 Å². The molecule has 0 aliphatic heterocycles. The van der Waals surface area contributed by atoms with Gasteiger partial charge in [-0.3, -0.25) is 4.98 Å². The largest absolute Gasteiger partial charge is 0.370 e. The lowest BCUT2D eigenvalue weighted by Gasteiger charge is -2.36. The molecule has 0 radical (unpaired) electrons. The Morgan fingerprint density at radius 1 is 1.33 bits per heavy atom. The van der Waals surface area contributed by atoms with E-state index in [0.717, 1.165) is 12.5 Å². The highest BCUT2D eigenvalue weighted by Gasteiger charge is 2.24. The summed E-state index contributed by atoms with van der Waals surface area (Å²) in [5.74, 6) is 0.846. The van der Waals surface area contributed by atoms with Gasteiger partial charge in [0, 0.05) is 31.4 Å². The van der Waals surface area contributed by atoms with E-state index in [4.69, 9.17) is 0 Å². The highest BCUT2D eigenvalue weighted by molar-refractivity contribution is 5.52. The van der Waals surface area contributed by atoms with Gasteiger partial charge in [-0.1, -0.05) is 19.8 Å². The quantitative estimate of drug-likeness (QED) is 0.908. The van der Waals surface area contributed by atoms with Crippen molar-refractivity contribution in [1.29, 1.82) is 0 Å². The lowest BCUT2D eigenvalue weighted by molar-refractivity contribution is 0.336. The molecule has 0 saturated heterocycles. The van der Waals surface area contributed by atoms with Crippen molar-refractivity contribution in [3.63, 3.8) is 0 Å². The van der Waals surface area contributed by atoms with Crippen LogP contribution in [0.5, 0.6) is 0 Å². The second-order valence-corrected chi connectivity index (χ2v) is 7.64. The third-order valence-electron chi connectivity index (χ3n) is 4.53. The van der Waals surface area contributed by atoms with Crippen molar-refractivity contribution < 1.29 is 0 Å². The standard InChI is InChI=1S/C18H31N3/c1-14-7-6-8-16(11-14)21(5)17-13-19-10-9-15(17)12-20-18(2,3)4/h9-10,13-14,16,20H,6-8,11-12H2,1-5H3. The first-order valence-corrected chi connectivity index (χ1v) is 8.27. The molecule has 1 aromatic heterocycles. The minimum atomic E-state index is 0.137. The number of rotatable bonds is 4. The zero-order valence-corrected chi connectivity index (χ0v) is 14.3. The second-order valence-electron chi connectivity index (χ2n) is 7.64. The van der Waals surface area contributed by atoms with E-state index in [2.05, 4.69) is 56.0 Å². The van der Waals surface area contributed by atoms with Gasteiger partial charge < -0.3 is 10.2 Å². The molecular weight excluding hydrogens is 258 g/mol. The van der Waals surface area contributed by atoms with Crippen molar-refractivity contribution in [2.75, 3.05) is 11.9 Å². The number of pyridine rings is 1. The predicted octanol–water partition coefficient (Wildman–Crippen LogP) is 3.98. The first-order chi connectivity index (χ1) is 9.87. The predicted molar refractivity (Wildman–Crippen MR) is 90.7 cm³/mol. The lowest BCUT2D eigenvalue weighted by Crippen LogP contribution is -2.38. The maximum atomic E-state index is 4.36. The molecule has 0 amide bonds. The zero-order chi connectivity index (χ0) is 15.5. The first-order valence-electron chi connectivity index (χ1n) is 8.27. The molecule has 3 nitrogen and oxygen atoms in total. The number of anilines is 1. The van der Waals surface area contributed by atoms with Crippen LogP contribution in [0.3, 0.4) is 0 Å². The Morgan fingerprint density at radius 3 is 2.76 bits per heavy atom. The van der Waals surface area contributed by atoms with E-state index >= 15 is 0 Å². The maximum absolute atomic E-state index is 4.36. The van der Waals surface area contributed by atoms with Crippen LogP contribution in [-0.4, -0.2) is 23.6 Å². The summed E-state index contributed by atoms with van der Waals surface area (Å²) >= 11 is 0. The van der Waals surface area contributed by atoms with Crippen LogP contribution in [0.2, 0.25) is 0 Å². The van der Waals surface area contributed by atoms with Gasteiger partial charge in [0.15, 0.2) is 0 Å². The van der Waals surface area contributed by atoms with Gasteiger partial charge in [-0.25, -0.2) is 0 Å². The Kier molecular flexibility index (Phi) is 5.26. The van der Waals surface area contributed by atoms with Crippen molar-refractivity contribution in [1.82, 2.24) is 10.3 Å². The van der Waals surface area contributed by atoms with Gasteiger partial charge in [0.25, 0.3) is 0 Å². The number of hydrogen-bond acceptors (Lipinski definition) is 3. The number of nitrogens with one attached hydrogen (secondary N) is 1. The van der Waals surface area contributed by atoms with Crippen LogP contribution < -0.4 is 10.2 Å². The molecule has 1 N–H and O–H groups in total. The number of hydrogen-bond donors (Lipinski definition) is 1. The summed E-state index contributed by atoms with van der Waals surface area (Å²) in [5, 5.41) is 3.59. The molecule has 1 heterocycles. The fourth-order valence-electron chi connectivity index (χ4n) is 3.19. The van der Waals surface area contributed by atoms with Gasteiger partial charge in [0.1, 0.15) is 0 Å². The molecule has 1 fully saturated rings. The van der Waals surface area contributed by atoms with Crippen molar-refractivity contribution in [2.45, 2.75) is 71.5 Å². The Labute approximate surface area is 130 Å². The van der Waals surface area contributed by atoms with E-state index in [1.54, 1.807) is 0 Å². The van der Waals surface area contributed by atoms with Crippen LogP contribution in [0.4, 0.5) is 5.69 Å². The molecule has 2 atom stereocenters. The topological polar surface area (TPSA) is 28.2 Å². The van der Waals surface area contributed by atoms with E-state index in [0.29, 0.717) is 6.04 Å². The van der Waals surface area contributed by atoms with Gasteiger partial charge >= 0.3 is 0 Å². The van der Waals surface area contributed by atoms with E-state index in [-0.39, 0.29) is 5.54 Å². The highest BCUT2D eigenvalue weighted by atomic mass is 15.1. The third kappa shape index (κ3) is 4.70. The average Bonchev–Trinajstić information content (AvgIpc) is 2.44. The fourth-order valence-corrected chi connectivity index (χ4v) is 3.19. The van der Waals surface area contributed by atoms with Crippen molar-refractivity contribution in [3.05, 3.63) is 24.0 Å². The van der Waals surface area contributed by atoms with E-state index in [9.17, 15) is 0 Å². The molecule has 0 aromatic carbocycles. The van der Waals surface area contributed by atoms with Gasteiger partial charge in [-0.2, -0.15) is 0 Å². The Hall–Kier alpha value is -1.09. The fraction of sp³-hybridized carbons (Fsp3) is 0.722. The summed E-state index contributed by atoms with van der Waals surface area (Å²) in [7, 11) is 2.24. The lowest BCUT2D eigenvalue weighted by atomic mass is 9.86. The molecule has 0 bridgehead atoms. The Balaban J connectivity index is 2.11. The van der Waals surface area contributed by atoms with Crippen LogP contribution in [0.15, 0.2) is 18.5 Å². The van der Waals surface area contributed by atoms with Gasteiger partial charge in [-0.15, -0.1) is 0 Å². The molecule has 1 saturated carbocycles. The van der Waals surface area contributed by atoms with Gasteiger partial charge in [0.05, 0.1) is 11.9 Å². The van der Waals surface area contributed by atoms with Crippen molar-refractivity contribution in [3.8, 4) is 0 Å². The molecule has 3 heteroatoms. The molecule has 2 rings (SSSR count). The molecule has 1 aliphatic carbocycles. The molecule has 1 aromatic rings. The smallest absolute Gasteiger partial charge is 0.0598 e. The van der Waals surface area contributed by atoms with E-state index in [1.807, 2.05) is 12.4 Å². The third-order valence-corrected chi connectivity index (χ3v) is 4.53. The van der Waals surface area contributed by atoms with E-state index in [1.165, 1.54) is 36.9 Å². The average molecular weight is 289 g/mol. The molecule has 118 valence electrons. The normalized spacial score (nSPS) is 23.1. The van der Waals surface area contributed by atoms with Gasteiger partial charge in [-0.05, 0) is 51.2 Å². The summed E-state index contributed by atoms with van der Waals surface area (Å²) in [6.45, 7) is 9.90. The van der Waals surface area contributed by atoms with Crippen LogP contribution in [0.1, 0.15) is 58.9 Å².